The van der Waals surface area contributed by atoms with Gasteiger partial charge in [-0.1, -0.05) is 0 Å². The first-order chi connectivity index (χ1) is 9.65. The molecule has 0 unspecified atom stereocenters. The summed E-state index contributed by atoms with van der Waals surface area (Å²) in [5.41, 5.74) is 2.93. The molecule has 0 aliphatic carbocycles. The topological polar surface area (TPSA) is 61.2 Å². The van der Waals surface area contributed by atoms with Crippen molar-refractivity contribution in [3.05, 3.63) is 29.6 Å². The molecule has 2 rings (SSSR count). The molecule has 0 saturated heterocycles. The highest BCUT2D eigenvalue weighted by molar-refractivity contribution is 5.44. The summed E-state index contributed by atoms with van der Waals surface area (Å²) < 4.78 is 12.4. The lowest BCUT2D eigenvalue weighted by molar-refractivity contribution is 0.327. The summed E-state index contributed by atoms with van der Waals surface area (Å²) in [6, 6.07) is 3.79. The first-order valence-electron chi connectivity index (χ1n) is 6.54. The molecule has 1 N–H and O–H groups in total. The molecular formula is C14H20N4O2. The Morgan fingerprint density at radius 3 is 2.75 bits per heavy atom. The molecule has 2 aromatic rings. The normalized spacial score (nSPS) is 10.4. The van der Waals surface area contributed by atoms with Crippen molar-refractivity contribution >= 4 is 5.69 Å². The number of hydrogen-bond donors (Lipinski definition) is 1. The lowest BCUT2D eigenvalue weighted by atomic mass is 10.2. The van der Waals surface area contributed by atoms with E-state index in [4.69, 9.17) is 9.47 Å². The van der Waals surface area contributed by atoms with Crippen molar-refractivity contribution in [2.45, 2.75) is 20.4 Å². The van der Waals surface area contributed by atoms with Crippen molar-refractivity contribution in [3.63, 3.8) is 0 Å². The first kappa shape index (κ1) is 14.2. The van der Waals surface area contributed by atoms with Crippen molar-refractivity contribution in [2.75, 3.05) is 19.0 Å². The van der Waals surface area contributed by atoms with Crippen LogP contribution in [0.15, 0.2) is 18.3 Å². The molecule has 0 aromatic carbocycles. The van der Waals surface area contributed by atoms with E-state index in [1.807, 2.05) is 33.0 Å². The number of methoxy groups -OCH3 is 1. The standard InChI is InChI=1S/C14H20N4O2/c1-5-20-13-7-6-11(8-16-13)15-9-12-10(2)17-18(3)14(12)19-4/h6-8,15H,5,9H2,1-4H3. The van der Waals surface area contributed by atoms with Gasteiger partial charge in [0.1, 0.15) is 0 Å². The van der Waals surface area contributed by atoms with Gasteiger partial charge in [0.2, 0.25) is 11.8 Å². The van der Waals surface area contributed by atoms with Gasteiger partial charge in [0.25, 0.3) is 0 Å². The number of ether oxygens (including phenoxy) is 2. The van der Waals surface area contributed by atoms with Crippen LogP contribution in [0.1, 0.15) is 18.2 Å². The SMILES string of the molecule is CCOc1ccc(NCc2c(C)nn(C)c2OC)cn1. The molecule has 0 bridgehead atoms. The van der Waals surface area contributed by atoms with E-state index in [2.05, 4.69) is 15.4 Å². The minimum atomic E-state index is 0.617. The molecule has 0 radical (unpaired) electrons. The Kier molecular flexibility index (Phi) is 4.45. The second-order valence-corrected chi connectivity index (χ2v) is 4.37. The number of anilines is 1. The summed E-state index contributed by atoms with van der Waals surface area (Å²) in [5, 5.41) is 7.66. The van der Waals surface area contributed by atoms with Crippen LogP contribution in [-0.4, -0.2) is 28.5 Å². The average molecular weight is 276 g/mol. The number of pyridine rings is 1. The Labute approximate surface area is 118 Å². The lowest BCUT2D eigenvalue weighted by Gasteiger charge is -2.08. The van der Waals surface area contributed by atoms with Gasteiger partial charge in [0.05, 0.1) is 36.9 Å². The van der Waals surface area contributed by atoms with Gasteiger partial charge in [-0.3, -0.25) is 0 Å². The minimum absolute atomic E-state index is 0.617. The van der Waals surface area contributed by atoms with Gasteiger partial charge in [0, 0.05) is 19.7 Å². The zero-order chi connectivity index (χ0) is 14.5. The average Bonchev–Trinajstić information content (AvgIpc) is 2.72. The molecule has 0 aliphatic rings. The van der Waals surface area contributed by atoms with Crippen LogP contribution in [0.2, 0.25) is 0 Å². The maximum absolute atomic E-state index is 5.36. The molecule has 0 spiro atoms. The molecule has 0 atom stereocenters. The van der Waals surface area contributed by atoms with Gasteiger partial charge in [-0.2, -0.15) is 5.10 Å². The summed E-state index contributed by atoms with van der Waals surface area (Å²) >= 11 is 0. The van der Waals surface area contributed by atoms with Gasteiger partial charge in [-0.25, -0.2) is 9.67 Å². The van der Waals surface area contributed by atoms with E-state index in [1.165, 1.54) is 0 Å². The van der Waals surface area contributed by atoms with Gasteiger partial charge in [-0.15, -0.1) is 0 Å². The van der Waals surface area contributed by atoms with Gasteiger partial charge < -0.3 is 14.8 Å². The minimum Gasteiger partial charge on any atom is -0.481 e. The van der Waals surface area contributed by atoms with Crippen LogP contribution in [0.3, 0.4) is 0 Å². The van der Waals surface area contributed by atoms with E-state index < -0.39 is 0 Å². The van der Waals surface area contributed by atoms with Crippen LogP contribution in [0.4, 0.5) is 5.69 Å². The predicted molar refractivity (Wildman–Crippen MR) is 77.2 cm³/mol. The van der Waals surface area contributed by atoms with Crippen molar-refractivity contribution in [3.8, 4) is 11.8 Å². The van der Waals surface area contributed by atoms with Gasteiger partial charge in [0.15, 0.2) is 0 Å². The molecule has 108 valence electrons. The molecule has 6 nitrogen and oxygen atoms in total. The van der Waals surface area contributed by atoms with E-state index in [1.54, 1.807) is 18.0 Å². The number of hydrogen-bond acceptors (Lipinski definition) is 5. The fraction of sp³-hybridized carbons (Fsp3) is 0.429. The maximum Gasteiger partial charge on any atom is 0.216 e. The Morgan fingerprint density at radius 2 is 2.15 bits per heavy atom. The summed E-state index contributed by atoms with van der Waals surface area (Å²) in [6.07, 6.45) is 1.75. The van der Waals surface area contributed by atoms with Gasteiger partial charge in [-0.05, 0) is 19.9 Å². The van der Waals surface area contributed by atoms with Crippen molar-refractivity contribution in [1.82, 2.24) is 14.8 Å². The molecule has 20 heavy (non-hydrogen) atoms. The van der Waals surface area contributed by atoms with Crippen LogP contribution < -0.4 is 14.8 Å². The number of aryl methyl sites for hydroxylation is 2. The van der Waals surface area contributed by atoms with Crippen LogP contribution in [0.5, 0.6) is 11.8 Å². The third-order valence-electron chi connectivity index (χ3n) is 2.98. The number of aromatic nitrogens is 3. The Hall–Kier alpha value is -2.24. The van der Waals surface area contributed by atoms with Crippen molar-refractivity contribution in [1.29, 1.82) is 0 Å². The third kappa shape index (κ3) is 3.01. The fourth-order valence-electron chi connectivity index (χ4n) is 2.05. The van der Waals surface area contributed by atoms with E-state index in [0.29, 0.717) is 19.0 Å². The third-order valence-corrected chi connectivity index (χ3v) is 2.98. The number of nitrogens with one attached hydrogen (secondary N) is 1. The largest absolute Gasteiger partial charge is 0.481 e. The Bertz CT molecular complexity index is 563. The van der Waals surface area contributed by atoms with Crippen molar-refractivity contribution < 1.29 is 9.47 Å². The molecule has 6 heteroatoms. The van der Waals surface area contributed by atoms with E-state index in [9.17, 15) is 0 Å². The van der Waals surface area contributed by atoms with Crippen LogP contribution in [0.25, 0.3) is 0 Å². The summed E-state index contributed by atoms with van der Waals surface area (Å²) in [6.45, 7) is 5.16. The smallest absolute Gasteiger partial charge is 0.216 e. The maximum atomic E-state index is 5.36. The summed E-state index contributed by atoms with van der Waals surface area (Å²) in [7, 11) is 3.52. The quantitative estimate of drug-likeness (QED) is 0.876. The van der Waals surface area contributed by atoms with Crippen LogP contribution in [-0.2, 0) is 13.6 Å². The van der Waals surface area contributed by atoms with Gasteiger partial charge >= 0.3 is 0 Å². The van der Waals surface area contributed by atoms with E-state index >= 15 is 0 Å². The predicted octanol–water partition coefficient (Wildman–Crippen LogP) is 2.14. The highest BCUT2D eigenvalue weighted by Gasteiger charge is 2.13. The molecule has 2 aromatic heterocycles. The second kappa shape index (κ2) is 6.27. The van der Waals surface area contributed by atoms with E-state index in [-0.39, 0.29) is 0 Å². The fourth-order valence-corrected chi connectivity index (χ4v) is 2.05. The lowest BCUT2D eigenvalue weighted by Crippen LogP contribution is -2.03. The molecular weight excluding hydrogens is 256 g/mol. The molecule has 0 saturated carbocycles. The summed E-state index contributed by atoms with van der Waals surface area (Å²) in [4.78, 5) is 4.21. The monoisotopic (exact) mass is 276 g/mol. The molecule has 0 fully saturated rings. The second-order valence-electron chi connectivity index (χ2n) is 4.37. The van der Waals surface area contributed by atoms with Crippen molar-refractivity contribution in [2.24, 2.45) is 7.05 Å². The van der Waals surface area contributed by atoms with E-state index in [0.717, 1.165) is 22.8 Å². The number of nitrogens with zero attached hydrogens (tertiary/aromatic N) is 3. The Balaban J connectivity index is 2.05. The molecule has 0 amide bonds. The zero-order valence-electron chi connectivity index (χ0n) is 12.3. The molecule has 2 heterocycles. The highest BCUT2D eigenvalue weighted by Crippen LogP contribution is 2.22. The zero-order valence-corrected chi connectivity index (χ0v) is 12.3. The first-order valence-corrected chi connectivity index (χ1v) is 6.54. The Morgan fingerprint density at radius 1 is 1.35 bits per heavy atom. The summed E-state index contributed by atoms with van der Waals surface area (Å²) in [5.74, 6) is 1.40. The number of rotatable bonds is 6. The van der Waals surface area contributed by atoms with Crippen LogP contribution >= 0.6 is 0 Å². The van der Waals surface area contributed by atoms with Crippen LogP contribution in [0, 0.1) is 6.92 Å². The highest BCUT2D eigenvalue weighted by atomic mass is 16.5. The molecule has 0 aliphatic heterocycles.